The van der Waals surface area contributed by atoms with Crippen molar-refractivity contribution in [2.75, 3.05) is 6.61 Å². The van der Waals surface area contributed by atoms with Gasteiger partial charge in [0.15, 0.2) is 18.0 Å². The highest BCUT2D eigenvalue weighted by Crippen LogP contribution is 2.41. The highest BCUT2D eigenvalue weighted by Gasteiger charge is 2.53. The molecule has 0 radical (unpaired) electrons. The van der Waals surface area contributed by atoms with Crippen LogP contribution in [0.15, 0.2) is 24.3 Å². The summed E-state index contributed by atoms with van der Waals surface area (Å²) in [5, 5.41) is -0.103. The fourth-order valence-corrected chi connectivity index (χ4v) is 4.49. The van der Waals surface area contributed by atoms with Crippen LogP contribution in [0, 0.1) is 0 Å². The van der Waals surface area contributed by atoms with Gasteiger partial charge in [0.25, 0.3) is 8.32 Å². The fourth-order valence-electron chi connectivity index (χ4n) is 3.47. The molecule has 38 heavy (non-hydrogen) atoms. The van der Waals surface area contributed by atoms with Crippen molar-refractivity contribution in [1.29, 1.82) is 0 Å². The summed E-state index contributed by atoms with van der Waals surface area (Å²) in [5.41, 5.74) is 0. The first kappa shape index (κ1) is 31.1. The van der Waals surface area contributed by atoms with Crippen LogP contribution in [0.2, 0.25) is 18.1 Å². The Morgan fingerprint density at radius 2 is 1.29 bits per heavy atom. The van der Waals surface area contributed by atoms with E-state index in [4.69, 9.17) is 32.8 Å². The number of ether oxygens (including phenoxy) is 6. The molecule has 1 fully saturated rings. The molecule has 1 aromatic carbocycles. The third-order valence-electron chi connectivity index (χ3n) is 6.21. The van der Waals surface area contributed by atoms with Crippen molar-refractivity contribution in [3.05, 3.63) is 24.3 Å². The minimum absolute atomic E-state index is 0.103. The van der Waals surface area contributed by atoms with E-state index in [1.807, 2.05) is 0 Å². The van der Waals surface area contributed by atoms with Gasteiger partial charge in [-0.3, -0.25) is 19.2 Å². The van der Waals surface area contributed by atoms with E-state index in [1.165, 1.54) is 13.8 Å². The minimum atomic E-state index is -2.28. The number of carbonyl (C=O) groups excluding carboxylic acids is 4. The molecule has 0 N–H and O–H groups in total. The zero-order chi connectivity index (χ0) is 28.8. The summed E-state index contributed by atoms with van der Waals surface area (Å²) in [7, 11) is -2.28. The Hall–Kier alpha value is -3.12. The van der Waals surface area contributed by atoms with Gasteiger partial charge in [-0.15, -0.1) is 0 Å². The molecule has 1 saturated heterocycles. The van der Waals surface area contributed by atoms with E-state index in [2.05, 4.69) is 33.9 Å². The summed E-state index contributed by atoms with van der Waals surface area (Å²) in [6, 6.07) is 6.94. The lowest BCUT2D eigenvalue weighted by Crippen LogP contribution is -2.63. The molecule has 0 aromatic heterocycles. The molecule has 1 aliphatic heterocycles. The molecular weight excluding hydrogens is 516 g/mol. The van der Waals surface area contributed by atoms with Gasteiger partial charge < -0.3 is 32.8 Å². The normalized spacial score (nSPS) is 23.6. The molecule has 0 saturated carbocycles. The maximum absolute atomic E-state index is 12.1. The summed E-state index contributed by atoms with van der Waals surface area (Å²) in [6.45, 7) is 14.8. The van der Waals surface area contributed by atoms with Crippen LogP contribution in [-0.4, -0.2) is 69.5 Å². The second kappa shape index (κ2) is 12.6. The average molecular weight is 555 g/mol. The summed E-state index contributed by atoms with van der Waals surface area (Å²) in [4.78, 5) is 47.5. The lowest BCUT2D eigenvalue weighted by Gasteiger charge is -2.44. The zero-order valence-corrected chi connectivity index (χ0v) is 24.4. The molecule has 1 heterocycles. The number of rotatable bonds is 9. The molecule has 0 aliphatic carbocycles. The largest absolute Gasteiger partial charge is 0.541 e. The van der Waals surface area contributed by atoms with Crippen molar-refractivity contribution < 1.29 is 52.0 Å². The van der Waals surface area contributed by atoms with E-state index >= 15 is 0 Å². The van der Waals surface area contributed by atoms with E-state index in [0.717, 1.165) is 13.8 Å². The molecule has 11 nitrogen and oxygen atoms in total. The van der Waals surface area contributed by atoms with Crippen LogP contribution >= 0.6 is 0 Å². The number of carbonyl (C=O) groups is 4. The van der Waals surface area contributed by atoms with E-state index < -0.39 is 62.9 Å². The van der Waals surface area contributed by atoms with Crippen molar-refractivity contribution in [2.45, 2.75) is 97.3 Å². The fraction of sp³-hybridized carbons (Fsp3) is 0.615. The Morgan fingerprint density at radius 3 is 1.79 bits per heavy atom. The maximum Gasteiger partial charge on any atom is 0.303 e. The van der Waals surface area contributed by atoms with Crippen LogP contribution in [0.25, 0.3) is 0 Å². The number of hydrogen-bond acceptors (Lipinski definition) is 11. The number of benzene rings is 1. The third-order valence-corrected chi connectivity index (χ3v) is 10.6. The lowest BCUT2D eigenvalue weighted by atomic mass is 9.98. The van der Waals surface area contributed by atoms with Crippen LogP contribution in [0.3, 0.4) is 0 Å². The van der Waals surface area contributed by atoms with Gasteiger partial charge in [-0.2, -0.15) is 0 Å². The standard InChI is InChI=1S/C26H38O11Si/c1-15(27)31-14-21-22(32-16(2)28)23(33-17(3)29)24(34-18(4)30)25(36-21)35-19-12-10-11-13-20(19)37-38(8,9)26(5,6)7/h10-13,21-25H,14H2,1-9H3/t21-,22+,23+,24-,25-/m1/s1. The quantitative estimate of drug-likeness (QED) is 0.252. The Morgan fingerprint density at radius 1 is 0.789 bits per heavy atom. The van der Waals surface area contributed by atoms with Gasteiger partial charge in [0.2, 0.25) is 12.4 Å². The highest BCUT2D eigenvalue weighted by atomic mass is 28.4. The maximum atomic E-state index is 12.1. The van der Waals surface area contributed by atoms with Gasteiger partial charge in [0.1, 0.15) is 18.5 Å². The van der Waals surface area contributed by atoms with Crippen molar-refractivity contribution in [3.8, 4) is 11.5 Å². The number of para-hydroxylation sites is 2. The highest BCUT2D eigenvalue weighted by molar-refractivity contribution is 6.74. The zero-order valence-electron chi connectivity index (χ0n) is 23.4. The molecular formula is C26H38O11Si. The summed E-state index contributed by atoms with van der Waals surface area (Å²) < 4.78 is 40.1. The Bertz CT molecular complexity index is 1020. The molecule has 0 amide bonds. The second-order valence-electron chi connectivity index (χ2n) is 10.5. The molecule has 1 aromatic rings. The van der Waals surface area contributed by atoms with E-state index in [1.54, 1.807) is 24.3 Å². The monoisotopic (exact) mass is 554 g/mol. The predicted octanol–water partition coefficient (Wildman–Crippen LogP) is 3.53. The lowest BCUT2D eigenvalue weighted by molar-refractivity contribution is -0.288. The first-order valence-corrected chi connectivity index (χ1v) is 15.2. The van der Waals surface area contributed by atoms with Crippen LogP contribution < -0.4 is 9.16 Å². The van der Waals surface area contributed by atoms with Gasteiger partial charge in [0.05, 0.1) is 0 Å². The van der Waals surface area contributed by atoms with Crippen LogP contribution in [0.1, 0.15) is 48.5 Å². The molecule has 12 heteroatoms. The predicted molar refractivity (Wildman–Crippen MR) is 137 cm³/mol. The van der Waals surface area contributed by atoms with E-state index in [0.29, 0.717) is 11.5 Å². The first-order chi connectivity index (χ1) is 17.5. The molecule has 5 atom stereocenters. The van der Waals surface area contributed by atoms with Crippen LogP contribution in [0.4, 0.5) is 0 Å². The molecule has 212 valence electrons. The Labute approximate surface area is 224 Å². The van der Waals surface area contributed by atoms with Gasteiger partial charge in [-0.05, 0) is 30.3 Å². The molecule has 0 bridgehead atoms. The smallest absolute Gasteiger partial charge is 0.303 e. The number of esters is 4. The number of hydrogen-bond donors (Lipinski definition) is 0. The van der Waals surface area contributed by atoms with Crippen molar-refractivity contribution in [3.63, 3.8) is 0 Å². The van der Waals surface area contributed by atoms with E-state index in [9.17, 15) is 19.2 Å². The van der Waals surface area contributed by atoms with E-state index in [-0.39, 0.29) is 11.6 Å². The summed E-state index contributed by atoms with van der Waals surface area (Å²) >= 11 is 0. The summed E-state index contributed by atoms with van der Waals surface area (Å²) in [6.07, 6.45) is -6.39. The average Bonchev–Trinajstić information content (AvgIpc) is 2.75. The Balaban J connectivity index is 2.53. The first-order valence-electron chi connectivity index (χ1n) is 12.3. The SMILES string of the molecule is CC(=O)OC[C@H]1O[C@@H](Oc2ccccc2O[Si](C)(C)C(C)(C)C)[C@H](OC(C)=O)[C@@H](OC(C)=O)[C@H]1OC(C)=O. The Kier molecular flexibility index (Phi) is 10.3. The molecule has 2 rings (SSSR count). The van der Waals surface area contributed by atoms with Crippen molar-refractivity contribution in [2.24, 2.45) is 0 Å². The van der Waals surface area contributed by atoms with Gasteiger partial charge in [-0.1, -0.05) is 32.9 Å². The van der Waals surface area contributed by atoms with Crippen molar-refractivity contribution in [1.82, 2.24) is 0 Å². The molecule has 0 spiro atoms. The second-order valence-corrected chi connectivity index (χ2v) is 15.2. The molecule has 1 aliphatic rings. The van der Waals surface area contributed by atoms with Crippen LogP contribution in [0.5, 0.6) is 11.5 Å². The third kappa shape index (κ3) is 8.45. The van der Waals surface area contributed by atoms with Crippen LogP contribution in [-0.2, 0) is 42.9 Å². The van der Waals surface area contributed by atoms with Crippen molar-refractivity contribution >= 4 is 32.2 Å². The summed E-state index contributed by atoms with van der Waals surface area (Å²) in [5.74, 6) is -2.01. The minimum Gasteiger partial charge on any atom is -0.541 e. The van der Waals surface area contributed by atoms with Gasteiger partial charge in [-0.25, -0.2) is 0 Å². The van der Waals surface area contributed by atoms with Gasteiger partial charge in [0, 0.05) is 27.7 Å². The molecule has 0 unspecified atom stereocenters. The van der Waals surface area contributed by atoms with Gasteiger partial charge >= 0.3 is 23.9 Å². The topological polar surface area (TPSA) is 133 Å².